The standard InChI is InChI=1S/C19H27N3O4/c1-14(12-22-10-2-5-18(22)23)20-19(24)21-15-6-8-16(9-7-15)26-13-17-4-3-11-25-17/h6-9,14,17H,2-5,10-13H2,1H3,(H2,20,21,24)/t14-,17+/m0/s1. The zero-order chi connectivity index (χ0) is 18.4. The highest BCUT2D eigenvalue weighted by molar-refractivity contribution is 5.89. The minimum absolute atomic E-state index is 0.105. The van der Waals surface area contributed by atoms with Gasteiger partial charge in [0.05, 0.1) is 6.10 Å². The fourth-order valence-electron chi connectivity index (χ4n) is 3.26. The fraction of sp³-hybridized carbons (Fsp3) is 0.579. The number of ether oxygens (including phenoxy) is 2. The van der Waals surface area contributed by atoms with Gasteiger partial charge < -0.3 is 25.0 Å². The van der Waals surface area contributed by atoms with E-state index in [-0.39, 0.29) is 24.1 Å². The van der Waals surface area contributed by atoms with E-state index < -0.39 is 0 Å². The van der Waals surface area contributed by atoms with E-state index in [1.807, 2.05) is 19.1 Å². The Morgan fingerprint density at radius 1 is 1.35 bits per heavy atom. The number of likely N-dealkylation sites (tertiary alicyclic amines) is 1. The summed E-state index contributed by atoms with van der Waals surface area (Å²) in [6.45, 7) is 4.59. The molecule has 0 bridgehead atoms. The maximum absolute atomic E-state index is 12.1. The van der Waals surface area contributed by atoms with E-state index in [1.165, 1.54) is 0 Å². The van der Waals surface area contributed by atoms with E-state index in [0.717, 1.165) is 38.2 Å². The molecule has 0 spiro atoms. The van der Waals surface area contributed by atoms with Crippen LogP contribution in [0, 0.1) is 0 Å². The summed E-state index contributed by atoms with van der Waals surface area (Å²) < 4.78 is 11.2. The van der Waals surface area contributed by atoms with Crippen molar-refractivity contribution in [3.05, 3.63) is 24.3 Å². The van der Waals surface area contributed by atoms with Crippen LogP contribution in [-0.4, -0.2) is 55.3 Å². The van der Waals surface area contributed by atoms with E-state index in [9.17, 15) is 9.59 Å². The maximum Gasteiger partial charge on any atom is 0.319 e. The van der Waals surface area contributed by atoms with E-state index in [0.29, 0.717) is 25.3 Å². The topological polar surface area (TPSA) is 79.9 Å². The number of hydrogen-bond acceptors (Lipinski definition) is 4. The molecule has 1 aromatic rings. The molecule has 2 fully saturated rings. The van der Waals surface area contributed by atoms with Crippen molar-refractivity contribution in [3.8, 4) is 5.75 Å². The van der Waals surface area contributed by atoms with E-state index in [4.69, 9.17) is 9.47 Å². The van der Waals surface area contributed by atoms with Crippen molar-refractivity contribution >= 4 is 17.6 Å². The molecular formula is C19H27N3O4. The second-order valence-electron chi connectivity index (χ2n) is 6.91. The summed E-state index contributed by atoms with van der Waals surface area (Å²) >= 11 is 0. The monoisotopic (exact) mass is 361 g/mol. The van der Waals surface area contributed by atoms with Gasteiger partial charge in [-0.2, -0.15) is 0 Å². The van der Waals surface area contributed by atoms with Crippen LogP contribution in [0.4, 0.5) is 10.5 Å². The molecule has 2 aliphatic rings. The summed E-state index contributed by atoms with van der Waals surface area (Å²) in [6.07, 6.45) is 3.83. The summed E-state index contributed by atoms with van der Waals surface area (Å²) in [5.41, 5.74) is 0.691. The van der Waals surface area contributed by atoms with Crippen molar-refractivity contribution in [2.75, 3.05) is 31.6 Å². The molecule has 0 aromatic heterocycles. The molecule has 2 heterocycles. The van der Waals surface area contributed by atoms with Crippen molar-refractivity contribution in [2.45, 2.75) is 44.8 Å². The highest BCUT2D eigenvalue weighted by Crippen LogP contribution is 2.18. The smallest absolute Gasteiger partial charge is 0.319 e. The Hall–Kier alpha value is -2.28. The zero-order valence-corrected chi connectivity index (χ0v) is 15.2. The third kappa shape index (κ3) is 5.36. The van der Waals surface area contributed by atoms with E-state index >= 15 is 0 Å². The van der Waals surface area contributed by atoms with Crippen LogP contribution in [-0.2, 0) is 9.53 Å². The van der Waals surface area contributed by atoms with Crippen LogP contribution in [0.15, 0.2) is 24.3 Å². The Bertz CT molecular complexity index is 614. The number of rotatable bonds is 7. The van der Waals surface area contributed by atoms with Crippen LogP contribution >= 0.6 is 0 Å². The average Bonchev–Trinajstić information content (AvgIpc) is 3.26. The van der Waals surface area contributed by atoms with Gasteiger partial charge in [0.1, 0.15) is 12.4 Å². The molecular weight excluding hydrogens is 334 g/mol. The first kappa shape index (κ1) is 18.5. The SMILES string of the molecule is C[C@@H](CN1CCCC1=O)NC(=O)Nc1ccc(OC[C@H]2CCCO2)cc1. The molecule has 3 rings (SSSR count). The van der Waals surface area contributed by atoms with Gasteiger partial charge in [0.25, 0.3) is 0 Å². The van der Waals surface area contributed by atoms with Gasteiger partial charge in [-0.05, 0) is 50.5 Å². The predicted molar refractivity (Wildman–Crippen MR) is 98.3 cm³/mol. The van der Waals surface area contributed by atoms with Gasteiger partial charge in [0.2, 0.25) is 5.91 Å². The van der Waals surface area contributed by atoms with Crippen molar-refractivity contribution in [1.29, 1.82) is 0 Å². The summed E-state index contributed by atoms with van der Waals surface area (Å²) in [4.78, 5) is 25.5. The van der Waals surface area contributed by atoms with Crippen molar-refractivity contribution in [2.24, 2.45) is 0 Å². The van der Waals surface area contributed by atoms with Crippen molar-refractivity contribution in [1.82, 2.24) is 10.2 Å². The quantitative estimate of drug-likeness (QED) is 0.781. The minimum Gasteiger partial charge on any atom is -0.491 e. The zero-order valence-electron chi connectivity index (χ0n) is 15.2. The fourth-order valence-corrected chi connectivity index (χ4v) is 3.26. The van der Waals surface area contributed by atoms with E-state index in [1.54, 1.807) is 17.0 Å². The van der Waals surface area contributed by atoms with Crippen molar-refractivity contribution < 1.29 is 19.1 Å². The number of nitrogens with one attached hydrogen (secondary N) is 2. The molecule has 2 saturated heterocycles. The number of urea groups is 1. The second-order valence-corrected chi connectivity index (χ2v) is 6.91. The Labute approximate surface area is 154 Å². The molecule has 2 atom stereocenters. The van der Waals surface area contributed by atoms with Crippen LogP contribution in [0.25, 0.3) is 0 Å². The number of anilines is 1. The second kappa shape index (κ2) is 8.89. The van der Waals surface area contributed by atoms with Gasteiger partial charge in [0, 0.05) is 37.8 Å². The molecule has 2 N–H and O–H groups in total. The van der Waals surface area contributed by atoms with Crippen LogP contribution in [0.1, 0.15) is 32.6 Å². The van der Waals surface area contributed by atoms with Crippen LogP contribution < -0.4 is 15.4 Å². The average molecular weight is 361 g/mol. The Kier molecular flexibility index (Phi) is 6.33. The van der Waals surface area contributed by atoms with Gasteiger partial charge in [-0.25, -0.2) is 4.79 Å². The maximum atomic E-state index is 12.1. The summed E-state index contributed by atoms with van der Waals surface area (Å²) in [7, 11) is 0. The number of benzene rings is 1. The molecule has 3 amide bonds. The molecule has 2 aliphatic heterocycles. The Morgan fingerprint density at radius 3 is 2.81 bits per heavy atom. The van der Waals surface area contributed by atoms with Crippen molar-refractivity contribution in [3.63, 3.8) is 0 Å². The number of carbonyl (C=O) groups excluding carboxylic acids is 2. The first-order valence-electron chi connectivity index (χ1n) is 9.30. The van der Waals surface area contributed by atoms with E-state index in [2.05, 4.69) is 10.6 Å². The van der Waals surface area contributed by atoms with Crippen LogP contribution in [0.5, 0.6) is 5.75 Å². The lowest BCUT2D eigenvalue weighted by atomic mass is 10.2. The molecule has 0 aliphatic carbocycles. The summed E-state index contributed by atoms with van der Waals surface area (Å²) in [5, 5.41) is 5.66. The van der Waals surface area contributed by atoms with Gasteiger partial charge in [-0.1, -0.05) is 0 Å². The Balaban J connectivity index is 1.39. The predicted octanol–water partition coefficient (Wildman–Crippen LogP) is 2.38. The largest absolute Gasteiger partial charge is 0.491 e. The number of carbonyl (C=O) groups is 2. The highest BCUT2D eigenvalue weighted by atomic mass is 16.5. The van der Waals surface area contributed by atoms with Gasteiger partial charge >= 0.3 is 6.03 Å². The molecule has 142 valence electrons. The minimum atomic E-state index is -0.280. The molecule has 26 heavy (non-hydrogen) atoms. The van der Waals surface area contributed by atoms with Crippen LogP contribution in [0.2, 0.25) is 0 Å². The first-order chi connectivity index (χ1) is 12.6. The van der Waals surface area contributed by atoms with Gasteiger partial charge in [0.15, 0.2) is 0 Å². The number of nitrogens with zero attached hydrogens (tertiary/aromatic N) is 1. The molecule has 0 unspecified atom stereocenters. The van der Waals surface area contributed by atoms with Gasteiger partial charge in [-0.3, -0.25) is 4.79 Å². The number of amides is 3. The lowest BCUT2D eigenvalue weighted by molar-refractivity contribution is -0.127. The highest BCUT2D eigenvalue weighted by Gasteiger charge is 2.22. The normalized spacial score (nSPS) is 20.9. The lowest BCUT2D eigenvalue weighted by Gasteiger charge is -2.21. The number of hydrogen-bond donors (Lipinski definition) is 2. The lowest BCUT2D eigenvalue weighted by Crippen LogP contribution is -2.44. The third-order valence-corrected chi connectivity index (χ3v) is 4.62. The first-order valence-corrected chi connectivity index (χ1v) is 9.30. The molecule has 0 radical (unpaired) electrons. The van der Waals surface area contributed by atoms with Crippen LogP contribution in [0.3, 0.4) is 0 Å². The van der Waals surface area contributed by atoms with Gasteiger partial charge in [-0.15, -0.1) is 0 Å². The molecule has 1 aromatic carbocycles. The third-order valence-electron chi connectivity index (χ3n) is 4.62. The molecule has 7 heteroatoms. The summed E-state index contributed by atoms with van der Waals surface area (Å²) in [6, 6.07) is 6.88. The molecule has 0 saturated carbocycles. The Morgan fingerprint density at radius 2 is 2.15 bits per heavy atom. The summed E-state index contributed by atoms with van der Waals surface area (Å²) in [5.74, 6) is 0.921. The molecule has 7 nitrogen and oxygen atoms in total.